The van der Waals surface area contributed by atoms with Crippen LogP contribution in [0.5, 0.6) is 0 Å². The van der Waals surface area contributed by atoms with Crippen LogP contribution >= 0.6 is 0 Å². The molecule has 55 heavy (non-hydrogen) atoms. The molecule has 1 aliphatic carbocycles. The molecule has 0 fully saturated rings. The van der Waals surface area contributed by atoms with Gasteiger partial charge in [0.25, 0.3) is 0 Å². The Kier molecular flexibility index (Phi) is 6.43. The topological polar surface area (TPSA) is 9.86 Å². The maximum absolute atomic E-state index is 2.46. The predicted molar refractivity (Wildman–Crippen MR) is 232 cm³/mol. The van der Waals surface area contributed by atoms with E-state index < -0.39 is 0 Å². The third-order valence-corrected chi connectivity index (χ3v) is 11.9. The Morgan fingerprint density at radius 2 is 0.909 bits per heavy atom. The highest BCUT2D eigenvalue weighted by atomic mass is 15.0. The quantitative estimate of drug-likeness (QED) is 0.173. The van der Waals surface area contributed by atoms with Gasteiger partial charge >= 0.3 is 0 Å². The lowest BCUT2D eigenvalue weighted by atomic mass is 9.97. The monoisotopic (exact) mass is 698 g/mol. The molecule has 2 aromatic heterocycles. The normalized spacial score (nSPS) is 12.3. The number of benzene rings is 9. The van der Waals surface area contributed by atoms with Crippen LogP contribution in [-0.4, -0.2) is 9.13 Å². The van der Waals surface area contributed by atoms with E-state index in [1.54, 1.807) is 0 Å². The zero-order valence-electron chi connectivity index (χ0n) is 30.1. The Hall–Kier alpha value is -7.16. The Morgan fingerprint density at radius 1 is 0.309 bits per heavy atom. The molecule has 12 rings (SSSR count). The first-order valence-electron chi connectivity index (χ1n) is 19.1. The van der Waals surface area contributed by atoms with Crippen molar-refractivity contribution in [2.75, 3.05) is 0 Å². The molecule has 0 bridgehead atoms. The number of hydrogen-bond acceptors (Lipinski definition) is 0. The first-order chi connectivity index (χ1) is 27.3. The summed E-state index contributed by atoms with van der Waals surface area (Å²) in [4.78, 5) is 0. The number of hydrogen-bond donors (Lipinski definition) is 0. The van der Waals surface area contributed by atoms with Gasteiger partial charge in [0, 0.05) is 32.6 Å². The van der Waals surface area contributed by atoms with E-state index in [0.717, 1.165) is 6.42 Å². The minimum atomic E-state index is 0.999. The van der Waals surface area contributed by atoms with Crippen molar-refractivity contribution in [1.29, 1.82) is 0 Å². The minimum Gasteiger partial charge on any atom is -0.309 e. The molecule has 2 heterocycles. The van der Waals surface area contributed by atoms with Crippen LogP contribution < -0.4 is 0 Å². The van der Waals surface area contributed by atoms with Crippen molar-refractivity contribution in [3.05, 3.63) is 205 Å². The molecule has 0 atom stereocenters. The van der Waals surface area contributed by atoms with Crippen molar-refractivity contribution in [1.82, 2.24) is 9.13 Å². The molecule has 11 aromatic rings. The van der Waals surface area contributed by atoms with E-state index in [4.69, 9.17) is 0 Å². The van der Waals surface area contributed by atoms with E-state index in [-0.39, 0.29) is 0 Å². The zero-order chi connectivity index (χ0) is 36.0. The Balaban J connectivity index is 0.986. The van der Waals surface area contributed by atoms with Crippen LogP contribution in [0.3, 0.4) is 0 Å². The van der Waals surface area contributed by atoms with Crippen LogP contribution in [0.1, 0.15) is 11.1 Å². The summed E-state index contributed by atoms with van der Waals surface area (Å²) in [7, 11) is 0. The average molecular weight is 699 g/mol. The van der Waals surface area contributed by atoms with Crippen LogP contribution in [0.15, 0.2) is 194 Å². The summed E-state index contributed by atoms with van der Waals surface area (Å²) in [6.07, 6.45) is 0.999. The zero-order valence-corrected chi connectivity index (χ0v) is 30.1. The molecule has 0 saturated heterocycles. The highest BCUT2D eigenvalue weighted by Gasteiger charge is 2.20. The second-order valence-electron chi connectivity index (χ2n) is 14.9. The highest BCUT2D eigenvalue weighted by molar-refractivity contribution is 6.13. The summed E-state index contributed by atoms with van der Waals surface area (Å²) >= 11 is 0. The number of para-hydroxylation sites is 3. The van der Waals surface area contributed by atoms with Gasteiger partial charge in [0.05, 0.1) is 27.8 Å². The second-order valence-corrected chi connectivity index (χ2v) is 14.9. The van der Waals surface area contributed by atoms with E-state index in [1.807, 2.05) is 0 Å². The van der Waals surface area contributed by atoms with Gasteiger partial charge in [0.15, 0.2) is 0 Å². The Morgan fingerprint density at radius 3 is 1.78 bits per heavy atom. The molecule has 0 radical (unpaired) electrons. The van der Waals surface area contributed by atoms with Gasteiger partial charge in [-0.25, -0.2) is 0 Å². The summed E-state index contributed by atoms with van der Waals surface area (Å²) in [5.41, 5.74) is 17.7. The second kappa shape index (κ2) is 11.7. The van der Waals surface area contributed by atoms with Gasteiger partial charge in [0.2, 0.25) is 0 Å². The van der Waals surface area contributed by atoms with E-state index >= 15 is 0 Å². The Bertz CT molecular complexity index is 3340. The molecule has 0 unspecified atom stereocenters. The number of nitrogens with zero attached hydrogens (tertiary/aromatic N) is 2. The van der Waals surface area contributed by atoms with E-state index in [2.05, 4.69) is 203 Å². The van der Waals surface area contributed by atoms with E-state index in [0.29, 0.717) is 0 Å². The van der Waals surface area contributed by atoms with Gasteiger partial charge in [-0.2, -0.15) is 0 Å². The molecule has 0 saturated carbocycles. The largest absolute Gasteiger partial charge is 0.309 e. The first-order valence-corrected chi connectivity index (χ1v) is 19.1. The minimum absolute atomic E-state index is 0.999. The number of aromatic nitrogens is 2. The fourth-order valence-corrected chi connectivity index (χ4v) is 9.38. The van der Waals surface area contributed by atoms with Crippen molar-refractivity contribution in [3.63, 3.8) is 0 Å². The summed E-state index contributed by atoms with van der Waals surface area (Å²) in [6.45, 7) is 0. The van der Waals surface area contributed by atoms with Crippen LogP contribution in [-0.2, 0) is 6.42 Å². The van der Waals surface area contributed by atoms with Crippen molar-refractivity contribution >= 4 is 54.4 Å². The van der Waals surface area contributed by atoms with Gasteiger partial charge < -0.3 is 9.13 Å². The maximum atomic E-state index is 2.46. The molecule has 1 aliphatic rings. The first kappa shape index (κ1) is 30.3. The van der Waals surface area contributed by atoms with Crippen LogP contribution in [0.25, 0.3) is 99.1 Å². The van der Waals surface area contributed by atoms with Crippen molar-refractivity contribution in [3.8, 4) is 44.8 Å². The molecule has 0 N–H and O–H groups in total. The van der Waals surface area contributed by atoms with Crippen LogP contribution in [0.2, 0.25) is 0 Å². The molecule has 2 heteroatoms. The summed E-state index contributed by atoms with van der Waals surface area (Å²) in [5.74, 6) is 0. The third-order valence-electron chi connectivity index (χ3n) is 11.9. The van der Waals surface area contributed by atoms with Gasteiger partial charge in [-0.3, -0.25) is 0 Å². The molecule has 0 aliphatic heterocycles. The van der Waals surface area contributed by atoms with Crippen molar-refractivity contribution in [2.45, 2.75) is 6.42 Å². The average Bonchev–Trinajstić information content (AvgIpc) is 3.90. The van der Waals surface area contributed by atoms with Crippen molar-refractivity contribution in [2.24, 2.45) is 0 Å². The highest BCUT2D eigenvalue weighted by Crippen LogP contribution is 2.41. The van der Waals surface area contributed by atoms with Gasteiger partial charge in [0.1, 0.15) is 0 Å². The predicted octanol–water partition coefficient (Wildman–Crippen LogP) is 13.9. The van der Waals surface area contributed by atoms with Gasteiger partial charge in [-0.15, -0.1) is 0 Å². The van der Waals surface area contributed by atoms with E-state index in [1.165, 1.54) is 110 Å². The molecule has 9 aromatic carbocycles. The lowest BCUT2D eigenvalue weighted by Gasteiger charge is -2.13. The van der Waals surface area contributed by atoms with Gasteiger partial charge in [-0.05, 0) is 111 Å². The summed E-state index contributed by atoms with van der Waals surface area (Å²) in [6, 6.07) is 71.7. The molecule has 0 spiro atoms. The van der Waals surface area contributed by atoms with Crippen LogP contribution in [0, 0.1) is 0 Å². The smallest absolute Gasteiger partial charge is 0.0547 e. The van der Waals surface area contributed by atoms with E-state index in [9.17, 15) is 0 Å². The fraction of sp³-hybridized carbons (Fsp3) is 0.0189. The Labute approximate surface area is 318 Å². The lowest BCUT2D eigenvalue weighted by molar-refractivity contribution is 1.18. The summed E-state index contributed by atoms with van der Waals surface area (Å²) < 4.78 is 4.85. The number of fused-ring (bicyclic) bond motifs is 10. The fourth-order valence-electron chi connectivity index (χ4n) is 9.38. The third kappa shape index (κ3) is 4.55. The molecule has 0 amide bonds. The van der Waals surface area contributed by atoms with Crippen molar-refractivity contribution < 1.29 is 0 Å². The van der Waals surface area contributed by atoms with Gasteiger partial charge in [-0.1, -0.05) is 140 Å². The summed E-state index contributed by atoms with van der Waals surface area (Å²) in [5, 5.41) is 7.53. The SMILES string of the molecule is c1ccc(-n2c3ccccc3c3ccc(-c4ccc5c(c4)c4ccccc4n5-c4cccc5cc(-c6ccc7c(c6)Cc6ccccc6-7)ccc45)cc32)cc1. The lowest BCUT2D eigenvalue weighted by Crippen LogP contribution is -1.95. The maximum Gasteiger partial charge on any atom is 0.0547 e. The molecular formula is C53H34N2. The van der Waals surface area contributed by atoms with Crippen LogP contribution in [0.4, 0.5) is 0 Å². The number of rotatable bonds is 4. The molecule has 2 nitrogen and oxygen atoms in total. The molecule has 256 valence electrons. The standard InChI is InChI=1S/C53H34N2/c1-2-13-41(14-3-1)54-50-18-8-6-16-45(50)47-27-23-37(33-53(47)54)36-24-28-52-48(32-36)46-17-7-9-19-51(46)55(52)49-20-10-12-39-29-34(22-26-44(39)49)35-21-25-43-40(30-35)31-38-11-4-5-15-42(38)43/h1-30,32-33H,31H2. The molecular weight excluding hydrogens is 665 g/mol.